The molecule has 0 aromatic rings. The SMILES string of the molecule is CC[N+](C)(CI)CC1CCO1. The first-order valence-electron chi connectivity index (χ1n) is 4.21. The molecule has 11 heavy (non-hydrogen) atoms. The molecule has 2 atom stereocenters. The van der Waals surface area contributed by atoms with E-state index >= 15 is 0 Å². The summed E-state index contributed by atoms with van der Waals surface area (Å²) in [7, 11) is 2.30. The largest absolute Gasteiger partial charge is 0.372 e. The number of quaternary nitrogens is 1. The Morgan fingerprint density at radius 3 is 2.55 bits per heavy atom. The normalized spacial score (nSPS) is 29.2. The molecule has 0 bridgehead atoms. The van der Waals surface area contributed by atoms with Crippen molar-refractivity contribution in [2.45, 2.75) is 19.4 Å². The minimum atomic E-state index is 0.551. The Morgan fingerprint density at radius 1 is 1.64 bits per heavy atom. The first kappa shape index (κ1) is 9.74. The second-order valence-electron chi connectivity index (χ2n) is 3.52. The summed E-state index contributed by atoms with van der Waals surface area (Å²) in [4.78, 5) is 0. The van der Waals surface area contributed by atoms with Gasteiger partial charge in [0, 0.05) is 13.0 Å². The monoisotopic (exact) mass is 270 g/mol. The lowest BCUT2D eigenvalue weighted by molar-refractivity contribution is -0.896. The van der Waals surface area contributed by atoms with Crippen LogP contribution in [0.2, 0.25) is 0 Å². The highest BCUT2D eigenvalue weighted by Gasteiger charge is 2.28. The number of hydrogen-bond donors (Lipinski definition) is 0. The van der Waals surface area contributed by atoms with Crippen LogP contribution in [-0.2, 0) is 4.74 Å². The standard InChI is InChI=1S/C8H17INO/c1-3-10(2,7-9)6-8-4-5-11-8/h8H,3-7H2,1-2H3/q+1. The molecule has 0 amide bonds. The van der Waals surface area contributed by atoms with Crippen molar-refractivity contribution >= 4 is 22.6 Å². The molecule has 0 aromatic heterocycles. The molecular weight excluding hydrogens is 253 g/mol. The summed E-state index contributed by atoms with van der Waals surface area (Å²) in [6, 6.07) is 0. The smallest absolute Gasteiger partial charge is 0.129 e. The van der Waals surface area contributed by atoms with E-state index in [1.807, 2.05) is 0 Å². The maximum absolute atomic E-state index is 5.41. The highest BCUT2D eigenvalue weighted by atomic mass is 127. The maximum Gasteiger partial charge on any atom is 0.129 e. The van der Waals surface area contributed by atoms with Crippen LogP contribution in [0.4, 0.5) is 0 Å². The van der Waals surface area contributed by atoms with Gasteiger partial charge in [-0.2, -0.15) is 0 Å². The van der Waals surface area contributed by atoms with Crippen molar-refractivity contribution in [2.75, 3.05) is 31.3 Å². The molecule has 1 rings (SSSR count). The van der Waals surface area contributed by atoms with Crippen molar-refractivity contribution in [1.29, 1.82) is 0 Å². The van der Waals surface area contributed by atoms with E-state index in [2.05, 4.69) is 36.6 Å². The lowest BCUT2D eigenvalue weighted by atomic mass is 10.1. The molecule has 0 radical (unpaired) electrons. The fraction of sp³-hybridized carbons (Fsp3) is 1.00. The highest BCUT2D eigenvalue weighted by molar-refractivity contribution is 14.1. The van der Waals surface area contributed by atoms with E-state index < -0.39 is 0 Å². The molecule has 0 aliphatic carbocycles. The fourth-order valence-electron chi connectivity index (χ4n) is 1.18. The number of hydrogen-bond acceptors (Lipinski definition) is 1. The van der Waals surface area contributed by atoms with Gasteiger partial charge in [0.1, 0.15) is 17.2 Å². The molecule has 0 aromatic carbocycles. The van der Waals surface area contributed by atoms with Gasteiger partial charge >= 0.3 is 0 Å². The second kappa shape index (κ2) is 4.05. The lowest BCUT2D eigenvalue weighted by Gasteiger charge is -2.37. The van der Waals surface area contributed by atoms with Crippen LogP contribution in [0.5, 0.6) is 0 Å². The number of alkyl halides is 1. The summed E-state index contributed by atoms with van der Waals surface area (Å²) < 4.78 is 7.74. The van der Waals surface area contributed by atoms with E-state index in [0.717, 1.165) is 11.1 Å². The summed E-state index contributed by atoms with van der Waals surface area (Å²) in [5.41, 5.74) is 0. The van der Waals surface area contributed by atoms with Gasteiger partial charge in [0.2, 0.25) is 0 Å². The van der Waals surface area contributed by atoms with Gasteiger partial charge in [0.25, 0.3) is 0 Å². The zero-order chi connectivity index (χ0) is 8.32. The summed E-state index contributed by atoms with van der Waals surface area (Å²) in [5.74, 6) is 0. The van der Waals surface area contributed by atoms with Gasteiger partial charge in [0.15, 0.2) is 0 Å². The number of rotatable bonds is 4. The first-order valence-corrected chi connectivity index (χ1v) is 5.74. The van der Waals surface area contributed by atoms with Crippen LogP contribution < -0.4 is 0 Å². The summed E-state index contributed by atoms with van der Waals surface area (Å²) in [6.07, 6.45) is 1.82. The van der Waals surface area contributed by atoms with Crippen molar-refractivity contribution in [3.8, 4) is 0 Å². The van der Waals surface area contributed by atoms with Crippen LogP contribution in [0.3, 0.4) is 0 Å². The predicted molar refractivity (Wildman–Crippen MR) is 54.8 cm³/mol. The van der Waals surface area contributed by atoms with Crippen molar-refractivity contribution in [3.63, 3.8) is 0 Å². The van der Waals surface area contributed by atoms with Crippen LogP contribution in [0.1, 0.15) is 13.3 Å². The third kappa shape index (κ3) is 2.56. The van der Waals surface area contributed by atoms with Crippen LogP contribution in [0.25, 0.3) is 0 Å². The molecule has 1 aliphatic rings. The molecule has 1 fully saturated rings. The first-order chi connectivity index (χ1) is 5.20. The Kier molecular flexibility index (Phi) is 3.58. The van der Waals surface area contributed by atoms with E-state index in [4.69, 9.17) is 4.74 Å². The van der Waals surface area contributed by atoms with Crippen LogP contribution in [0, 0.1) is 0 Å². The van der Waals surface area contributed by atoms with Crippen molar-refractivity contribution < 1.29 is 9.22 Å². The van der Waals surface area contributed by atoms with Gasteiger partial charge < -0.3 is 9.22 Å². The van der Waals surface area contributed by atoms with Gasteiger partial charge in [-0.3, -0.25) is 0 Å². The zero-order valence-electron chi connectivity index (χ0n) is 7.35. The third-order valence-electron chi connectivity index (χ3n) is 2.49. The average Bonchev–Trinajstić information content (AvgIpc) is 1.97. The molecule has 2 unspecified atom stereocenters. The molecule has 1 aliphatic heterocycles. The molecule has 1 saturated heterocycles. The maximum atomic E-state index is 5.41. The molecule has 66 valence electrons. The predicted octanol–water partition coefficient (Wildman–Crippen LogP) is 1.63. The van der Waals surface area contributed by atoms with Gasteiger partial charge in [-0.25, -0.2) is 0 Å². The Bertz CT molecular complexity index is 121. The Hall–Kier alpha value is 0.650. The summed E-state index contributed by atoms with van der Waals surface area (Å²) in [5, 5.41) is 0. The van der Waals surface area contributed by atoms with E-state index in [9.17, 15) is 0 Å². The molecule has 2 nitrogen and oxygen atoms in total. The second-order valence-corrected chi connectivity index (χ2v) is 4.20. The molecule has 1 heterocycles. The van der Waals surface area contributed by atoms with Crippen LogP contribution >= 0.6 is 22.6 Å². The molecule has 0 spiro atoms. The summed E-state index contributed by atoms with van der Waals surface area (Å²) in [6.45, 7) is 5.63. The van der Waals surface area contributed by atoms with E-state index in [1.54, 1.807) is 0 Å². The van der Waals surface area contributed by atoms with Gasteiger partial charge in [-0.1, -0.05) is 0 Å². The van der Waals surface area contributed by atoms with Crippen molar-refractivity contribution in [3.05, 3.63) is 0 Å². The van der Waals surface area contributed by atoms with E-state index in [1.165, 1.54) is 24.1 Å². The number of likely N-dealkylation sites (N-methyl/N-ethyl adjacent to an activating group) is 1. The minimum absolute atomic E-state index is 0.551. The Balaban J connectivity index is 2.29. The van der Waals surface area contributed by atoms with E-state index in [-0.39, 0.29) is 0 Å². The Morgan fingerprint density at radius 2 is 2.27 bits per heavy atom. The van der Waals surface area contributed by atoms with Crippen molar-refractivity contribution in [2.24, 2.45) is 0 Å². The van der Waals surface area contributed by atoms with Crippen LogP contribution in [0.15, 0.2) is 0 Å². The molecule has 0 N–H and O–H groups in total. The Labute approximate surface area is 82.6 Å². The summed E-state index contributed by atoms with van der Waals surface area (Å²) >= 11 is 2.46. The molecule has 3 heteroatoms. The third-order valence-corrected chi connectivity index (χ3v) is 4.14. The molecule has 0 saturated carbocycles. The quantitative estimate of drug-likeness (QED) is 0.326. The fourth-order valence-corrected chi connectivity index (χ4v) is 1.94. The highest BCUT2D eigenvalue weighted by Crippen LogP contribution is 2.17. The average molecular weight is 270 g/mol. The number of ether oxygens (including phenoxy) is 1. The van der Waals surface area contributed by atoms with Gasteiger partial charge in [0.05, 0.1) is 13.6 Å². The zero-order valence-corrected chi connectivity index (χ0v) is 9.50. The lowest BCUT2D eigenvalue weighted by Crippen LogP contribution is -2.51. The number of nitrogens with zero attached hydrogens (tertiary/aromatic N) is 1. The topological polar surface area (TPSA) is 9.23 Å². The van der Waals surface area contributed by atoms with Crippen molar-refractivity contribution in [1.82, 2.24) is 0 Å². The van der Waals surface area contributed by atoms with Gasteiger partial charge in [-0.05, 0) is 29.5 Å². The van der Waals surface area contributed by atoms with Gasteiger partial charge in [-0.15, -0.1) is 0 Å². The molecular formula is C8H17INO+. The minimum Gasteiger partial charge on any atom is -0.372 e. The van der Waals surface area contributed by atoms with Crippen LogP contribution in [-0.4, -0.2) is 41.9 Å². The number of halogens is 1. The van der Waals surface area contributed by atoms with E-state index in [0.29, 0.717) is 6.10 Å².